The molecule has 11 nitrogen and oxygen atoms in total. The summed E-state index contributed by atoms with van der Waals surface area (Å²) in [5, 5.41) is 1.78. The van der Waals surface area contributed by atoms with Crippen LogP contribution in [0.2, 0.25) is 0 Å². The molecule has 9 rings (SSSR count). The van der Waals surface area contributed by atoms with Gasteiger partial charge in [0.15, 0.2) is 11.3 Å². The summed E-state index contributed by atoms with van der Waals surface area (Å²) in [7, 11) is 0. The normalized spacial score (nSPS) is 11.5. The molecule has 0 fully saturated rings. The van der Waals surface area contributed by atoms with Gasteiger partial charge in [0.2, 0.25) is 0 Å². The second kappa shape index (κ2) is 17.0. The van der Waals surface area contributed by atoms with Gasteiger partial charge in [-0.25, -0.2) is 19.6 Å². The molecule has 0 aliphatic rings. The van der Waals surface area contributed by atoms with Crippen LogP contribution in [0.4, 0.5) is 0 Å². The molecule has 6 heterocycles. The highest BCUT2D eigenvalue weighted by molar-refractivity contribution is 5.83. The SMILES string of the molecule is Cc1cn2cc(-c3cc4ccc(CCCCCc5ccccc5)cc4oc3=O)nc2c(C)n1.Cc1cn2cc(-c3cc4ccc(CCCN)cc4oc3=O)nc2c(C)n1. The summed E-state index contributed by atoms with van der Waals surface area (Å²) < 4.78 is 15.1. The van der Waals surface area contributed by atoms with Crippen LogP contribution in [0.1, 0.15) is 65.1 Å². The second-order valence-corrected chi connectivity index (χ2v) is 15.2. The lowest BCUT2D eigenvalue weighted by molar-refractivity contribution is 0.562. The molecule has 9 aromatic rings. The van der Waals surface area contributed by atoms with Crippen molar-refractivity contribution in [1.29, 1.82) is 0 Å². The molecule has 0 radical (unpaired) electrons. The highest BCUT2D eigenvalue weighted by atomic mass is 16.4. The summed E-state index contributed by atoms with van der Waals surface area (Å²) >= 11 is 0. The van der Waals surface area contributed by atoms with Crippen molar-refractivity contribution in [2.45, 2.75) is 72.6 Å². The van der Waals surface area contributed by atoms with Crippen molar-refractivity contribution in [2.75, 3.05) is 6.54 Å². The van der Waals surface area contributed by atoms with Gasteiger partial charge in [0.1, 0.15) is 11.2 Å². The largest absolute Gasteiger partial charge is 0.422 e. The fraction of sp³-hybridized carbons (Fsp3) is 0.250. The van der Waals surface area contributed by atoms with Crippen molar-refractivity contribution in [3.63, 3.8) is 0 Å². The van der Waals surface area contributed by atoms with Crippen LogP contribution in [0.15, 0.2) is 122 Å². The van der Waals surface area contributed by atoms with Gasteiger partial charge in [0.25, 0.3) is 0 Å². The van der Waals surface area contributed by atoms with E-state index < -0.39 is 0 Å². The fourth-order valence-corrected chi connectivity index (χ4v) is 7.63. The smallest absolute Gasteiger partial charge is 0.345 e. The number of aromatic nitrogens is 6. The Morgan fingerprint density at radius 3 is 1.49 bits per heavy atom. The number of aryl methyl sites for hydroxylation is 7. The molecule has 3 aromatic carbocycles. The van der Waals surface area contributed by atoms with Crippen LogP contribution < -0.4 is 17.0 Å². The predicted octanol–water partition coefficient (Wildman–Crippen LogP) is 9.09. The van der Waals surface area contributed by atoms with E-state index in [1.54, 1.807) is 0 Å². The number of fused-ring (bicyclic) bond motifs is 4. The maximum Gasteiger partial charge on any atom is 0.345 e. The summed E-state index contributed by atoms with van der Waals surface area (Å²) in [4.78, 5) is 43.4. The van der Waals surface area contributed by atoms with E-state index in [0.717, 1.165) is 82.5 Å². The molecule has 0 aliphatic carbocycles. The monoisotopic (exact) mass is 785 g/mol. The maximum absolute atomic E-state index is 12.8. The van der Waals surface area contributed by atoms with Crippen LogP contribution in [0, 0.1) is 27.7 Å². The molecule has 6 aromatic heterocycles. The Bertz CT molecular complexity index is 3070. The van der Waals surface area contributed by atoms with E-state index in [2.05, 4.69) is 56.3 Å². The van der Waals surface area contributed by atoms with Crippen LogP contribution in [-0.2, 0) is 19.3 Å². The summed E-state index contributed by atoms with van der Waals surface area (Å²) in [6, 6.07) is 26.4. The third-order valence-corrected chi connectivity index (χ3v) is 10.5. The van der Waals surface area contributed by atoms with Gasteiger partial charge < -0.3 is 23.4 Å². The van der Waals surface area contributed by atoms with Gasteiger partial charge in [-0.2, -0.15) is 0 Å². The predicted molar refractivity (Wildman–Crippen MR) is 233 cm³/mol. The Morgan fingerprint density at radius 2 is 1.00 bits per heavy atom. The molecule has 0 spiro atoms. The first-order chi connectivity index (χ1) is 28.6. The summed E-state index contributed by atoms with van der Waals surface area (Å²) in [6.07, 6.45) is 14.9. The quantitative estimate of drug-likeness (QED) is 0.100. The van der Waals surface area contributed by atoms with Gasteiger partial charge in [0, 0.05) is 35.6 Å². The molecule has 0 bridgehead atoms. The zero-order valence-corrected chi connectivity index (χ0v) is 33.9. The van der Waals surface area contributed by atoms with Crippen molar-refractivity contribution >= 4 is 33.2 Å². The standard InChI is InChI=1S/C28H27N3O2.C20H20N4O2/c1-19-17-31-18-25(30-27(31)20(2)29-19)24-16-23-14-13-22(15-26(23)33-28(24)32)12-8-4-7-11-21-9-5-3-6-10-21;1-12-10-24-11-17(23-19(24)13(2)22-12)16-9-15-6-5-14(4-3-7-21)8-18(15)26-20(16)25/h3,5-6,9-10,13-18H,4,7-8,11-12H2,1-2H3;5-6,8-11H,3-4,7,21H2,1-2H3. The number of imidazole rings is 2. The van der Waals surface area contributed by atoms with Crippen molar-refractivity contribution in [2.24, 2.45) is 5.73 Å². The Balaban J connectivity index is 0.000000169. The van der Waals surface area contributed by atoms with Crippen LogP contribution in [-0.4, -0.2) is 35.3 Å². The number of rotatable bonds is 11. The lowest BCUT2D eigenvalue weighted by Crippen LogP contribution is -2.03. The van der Waals surface area contributed by atoms with E-state index in [9.17, 15) is 9.59 Å². The van der Waals surface area contributed by atoms with Crippen LogP contribution >= 0.6 is 0 Å². The lowest BCUT2D eigenvalue weighted by atomic mass is 10.0. The molecule has 59 heavy (non-hydrogen) atoms. The second-order valence-electron chi connectivity index (χ2n) is 15.2. The van der Waals surface area contributed by atoms with Crippen molar-refractivity contribution < 1.29 is 8.83 Å². The van der Waals surface area contributed by atoms with E-state index in [0.29, 0.717) is 40.2 Å². The molecule has 0 amide bonds. The number of benzene rings is 3. The first-order valence-electron chi connectivity index (χ1n) is 20.2. The highest BCUT2D eigenvalue weighted by Gasteiger charge is 2.15. The number of nitrogens with zero attached hydrogens (tertiary/aromatic N) is 6. The van der Waals surface area contributed by atoms with E-state index >= 15 is 0 Å². The number of unbranched alkanes of at least 4 members (excludes halogenated alkanes) is 2. The minimum atomic E-state index is -0.390. The van der Waals surface area contributed by atoms with Crippen molar-refractivity contribution in [3.8, 4) is 22.5 Å². The zero-order chi connectivity index (χ0) is 41.0. The third kappa shape index (κ3) is 8.75. The fourth-order valence-electron chi connectivity index (χ4n) is 7.63. The zero-order valence-electron chi connectivity index (χ0n) is 33.9. The number of nitrogens with two attached hydrogens (primary N) is 1. The molecule has 298 valence electrons. The average Bonchev–Trinajstić information content (AvgIpc) is 3.85. The minimum absolute atomic E-state index is 0.367. The highest BCUT2D eigenvalue weighted by Crippen LogP contribution is 2.25. The number of hydrogen-bond donors (Lipinski definition) is 1. The van der Waals surface area contributed by atoms with E-state index in [-0.39, 0.29) is 11.3 Å². The molecular formula is C48H47N7O4. The third-order valence-electron chi connectivity index (χ3n) is 10.5. The van der Waals surface area contributed by atoms with Gasteiger partial charge in [0.05, 0.1) is 45.3 Å². The molecule has 2 N–H and O–H groups in total. The Labute approximate surface area is 341 Å². The summed E-state index contributed by atoms with van der Waals surface area (Å²) in [6.45, 7) is 8.34. The number of hydrogen-bond acceptors (Lipinski definition) is 9. The Hall–Kier alpha value is -6.72. The van der Waals surface area contributed by atoms with Crippen LogP contribution in [0.25, 0.3) is 55.7 Å². The van der Waals surface area contributed by atoms with Crippen LogP contribution in [0.5, 0.6) is 0 Å². The Kier molecular flexibility index (Phi) is 11.3. The first kappa shape index (κ1) is 39.1. The molecule has 11 heteroatoms. The molecule has 0 saturated heterocycles. The molecular weight excluding hydrogens is 739 g/mol. The van der Waals surface area contributed by atoms with Gasteiger partial charge in [-0.05, 0) is 114 Å². The molecule has 0 atom stereocenters. The van der Waals surface area contributed by atoms with Gasteiger partial charge in [-0.15, -0.1) is 0 Å². The molecule has 0 saturated carbocycles. The topological polar surface area (TPSA) is 147 Å². The lowest BCUT2D eigenvalue weighted by Gasteiger charge is -2.05. The molecule has 0 aliphatic heterocycles. The van der Waals surface area contributed by atoms with E-state index in [4.69, 9.17) is 14.6 Å². The Morgan fingerprint density at radius 1 is 0.525 bits per heavy atom. The molecule has 0 unspecified atom stereocenters. The van der Waals surface area contributed by atoms with Gasteiger partial charge in [-0.1, -0.05) is 61.0 Å². The van der Waals surface area contributed by atoms with Gasteiger partial charge in [-0.3, -0.25) is 9.97 Å². The van der Waals surface area contributed by atoms with E-state index in [1.807, 2.05) is 104 Å². The summed E-state index contributed by atoms with van der Waals surface area (Å²) in [5.41, 5.74) is 16.8. The minimum Gasteiger partial charge on any atom is -0.422 e. The van der Waals surface area contributed by atoms with Crippen LogP contribution in [0.3, 0.4) is 0 Å². The maximum atomic E-state index is 12.8. The average molecular weight is 786 g/mol. The van der Waals surface area contributed by atoms with Crippen molar-refractivity contribution in [1.82, 2.24) is 28.7 Å². The summed E-state index contributed by atoms with van der Waals surface area (Å²) in [5.74, 6) is 0. The van der Waals surface area contributed by atoms with Crippen molar-refractivity contribution in [3.05, 3.63) is 164 Å². The van der Waals surface area contributed by atoms with E-state index in [1.165, 1.54) is 24.0 Å². The first-order valence-corrected chi connectivity index (χ1v) is 20.2. The van der Waals surface area contributed by atoms with Gasteiger partial charge >= 0.3 is 11.3 Å².